The Morgan fingerprint density at radius 1 is 0.970 bits per heavy atom. The number of anilines is 2. The highest BCUT2D eigenvalue weighted by Gasteiger charge is 2.31. The molecular weight excluding hydrogens is 436 g/mol. The molecule has 1 saturated heterocycles. The normalized spacial score (nSPS) is 16.1. The highest BCUT2D eigenvalue weighted by atomic mass is 32.1. The molecule has 0 amide bonds. The fraction of sp³-hybridized carbons (Fsp3) is 0.280. The van der Waals surface area contributed by atoms with Gasteiger partial charge in [0.05, 0.1) is 32.0 Å². The van der Waals surface area contributed by atoms with Crippen LogP contribution in [0.4, 0.5) is 11.4 Å². The molecule has 1 fully saturated rings. The van der Waals surface area contributed by atoms with Gasteiger partial charge in [0.2, 0.25) is 0 Å². The van der Waals surface area contributed by atoms with Crippen molar-refractivity contribution in [3.05, 3.63) is 58.6 Å². The second-order valence-corrected chi connectivity index (χ2v) is 8.93. The first kappa shape index (κ1) is 21.3. The first-order valence-electron chi connectivity index (χ1n) is 10.9. The van der Waals surface area contributed by atoms with Crippen LogP contribution in [0.2, 0.25) is 0 Å². The van der Waals surface area contributed by atoms with Crippen LogP contribution in [0.25, 0.3) is 16.8 Å². The number of benzene rings is 2. The lowest BCUT2D eigenvalue weighted by molar-refractivity contribution is 0.355. The molecule has 0 bridgehead atoms. The molecule has 3 aromatic rings. The van der Waals surface area contributed by atoms with Crippen LogP contribution in [0.15, 0.2) is 53.6 Å². The van der Waals surface area contributed by atoms with Gasteiger partial charge in [0, 0.05) is 41.5 Å². The van der Waals surface area contributed by atoms with Crippen molar-refractivity contribution in [3.8, 4) is 22.8 Å². The topological polar surface area (TPSA) is 81.9 Å². The molecule has 7 nitrogen and oxygen atoms in total. The molecule has 0 spiro atoms. The summed E-state index contributed by atoms with van der Waals surface area (Å²) >= 11 is 1.44. The molecule has 33 heavy (non-hydrogen) atoms. The number of thiazole rings is 1. The Balaban J connectivity index is 1.37. The maximum atomic E-state index is 10.7. The van der Waals surface area contributed by atoms with Gasteiger partial charge in [-0.15, -0.1) is 11.3 Å². The molecular formula is C25H26N4O3S. The van der Waals surface area contributed by atoms with Crippen LogP contribution in [0.1, 0.15) is 17.8 Å². The van der Waals surface area contributed by atoms with E-state index >= 15 is 0 Å². The lowest BCUT2D eigenvalue weighted by atomic mass is 10.1. The SMILES string of the molecule is COc1ccc(N2CC(O)=C(c3nc(-c4ccc(N5CCCC5)cc4)cs3)C2=N)cc1OC. The largest absolute Gasteiger partial charge is 0.510 e. The number of hydrogen-bond acceptors (Lipinski definition) is 7. The Kier molecular flexibility index (Phi) is 5.68. The van der Waals surface area contributed by atoms with Crippen LogP contribution in [0.5, 0.6) is 11.5 Å². The molecule has 2 N–H and O–H groups in total. The molecule has 1 aromatic heterocycles. The highest BCUT2D eigenvalue weighted by molar-refractivity contribution is 7.11. The zero-order valence-corrected chi connectivity index (χ0v) is 19.5. The van der Waals surface area contributed by atoms with Crippen molar-refractivity contribution in [2.75, 3.05) is 43.7 Å². The van der Waals surface area contributed by atoms with E-state index in [-0.39, 0.29) is 18.1 Å². The van der Waals surface area contributed by atoms with Gasteiger partial charge in [-0.3, -0.25) is 5.41 Å². The summed E-state index contributed by atoms with van der Waals surface area (Å²) in [6, 6.07) is 13.9. The zero-order chi connectivity index (χ0) is 22.9. The van der Waals surface area contributed by atoms with Gasteiger partial charge in [-0.2, -0.15) is 0 Å². The molecule has 0 aliphatic carbocycles. The van der Waals surface area contributed by atoms with Gasteiger partial charge in [0.25, 0.3) is 0 Å². The van der Waals surface area contributed by atoms with E-state index in [1.54, 1.807) is 31.3 Å². The molecule has 0 saturated carbocycles. The molecule has 170 valence electrons. The van der Waals surface area contributed by atoms with Gasteiger partial charge in [0.15, 0.2) is 11.5 Å². The van der Waals surface area contributed by atoms with Crippen molar-refractivity contribution >= 4 is 34.1 Å². The van der Waals surface area contributed by atoms with Gasteiger partial charge in [0.1, 0.15) is 16.6 Å². The third kappa shape index (κ3) is 3.91. The zero-order valence-electron chi connectivity index (χ0n) is 18.7. The Bertz CT molecular complexity index is 1210. The molecule has 8 heteroatoms. The fourth-order valence-electron chi connectivity index (χ4n) is 4.36. The predicted octanol–water partition coefficient (Wildman–Crippen LogP) is 5.19. The first-order valence-corrected chi connectivity index (χ1v) is 11.8. The minimum absolute atomic E-state index is 0.139. The highest BCUT2D eigenvalue weighted by Crippen LogP contribution is 2.37. The van der Waals surface area contributed by atoms with E-state index in [1.165, 1.54) is 29.9 Å². The summed E-state index contributed by atoms with van der Waals surface area (Å²) in [5, 5.41) is 22.1. The predicted molar refractivity (Wildman–Crippen MR) is 133 cm³/mol. The summed E-state index contributed by atoms with van der Waals surface area (Å²) < 4.78 is 10.7. The van der Waals surface area contributed by atoms with Crippen molar-refractivity contribution in [2.24, 2.45) is 0 Å². The van der Waals surface area contributed by atoms with Gasteiger partial charge in [-0.25, -0.2) is 4.98 Å². The van der Waals surface area contributed by atoms with Crippen molar-refractivity contribution in [2.45, 2.75) is 12.8 Å². The monoisotopic (exact) mass is 462 g/mol. The number of amidine groups is 1. The number of ether oxygens (including phenoxy) is 2. The van der Waals surface area contributed by atoms with E-state index in [2.05, 4.69) is 29.2 Å². The van der Waals surface area contributed by atoms with Crippen LogP contribution >= 0.6 is 11.3 Å². The van der Waals surface area contributed by atoms with E-state index in [0.29, 0.717) is 22.1 Å². The quantitative estimate of drug-likeness (QED) is 0.524. The maximum Gasteiger partial charge on any atom is 0.162 e. The van der Waals surface area contributed by atoms with Crippen LogP contribution in [0, 0.1) is 5.41 Å². The third-order valence-electron chi connectivity index (χ3n) is 6.13. The molecule has 2 aromatic carbocycles. The summed E-state index contributed by atoms with van der Waals surface area (Å²) in [6.45, 7) is 2.45. The van der Waals surface area contributed by atoms with Gasteiger partial charge in [-0.05, 0) is 37.1 Å². The maximum absolute atomic E-state index is 10.7. The molecule has 0 unspecified atom stereocenters. The summed E-state index contributed by atoms with van der Waals surface area (Å²) in [6.07, 6.45) is 2.50. The Hall–Kier alpha value is -3.52. The number of hydrogen-bond donors (Lipinski definition) is 2. The lowest BCUT2D eigenvalue weighted by Gasteiger charge is -2.20. The van der Waals surface area contributed by atoms with E-state index < -0.39 is 0 Å². The fourth-order valence-corrected chi connectivity index (χ4v) is 5.25. The van der Waals surface area contributed by atoms with Crippen molar-refractivity contribution < 1.29 is 14.6 Å². The minimum Gasteiger partial charge on any atom is -0.510 e. The number of aliphatic hydroxyl groups excluding tert-OH is 1. The average Bonchev–Trinajstić information content (AvgIpc) is 3.60. The molecule has 5 rings (SSSR count). The summed E-state index contributed by atoms with van der Waals surface area (Å²) in [5.41, 5.74) is 4.33. The number of aliphatic hydroxyl groups is 1. The standard InChI is InChI=1S/C25H26N4O3S/c1-31-21-10-9-18(13-22(21)32-2)29-14-20(30)23(24(29)26)25-27-19(15-33-25)16-5-7-17(8-6-16)28-11-3-4-12-28/h5-10,13,15,26,30H,3-4,11-12,14H2,1-2H3. The summed E-state index contributed by atoms with van der Waals surface area (Å²) in [4.78, 5) is 8.89. The third-order valence-corrected chi connectivity index (χ3v) is 6.99. The van der Waals surface area contributed by atoms with Crippen LogP contribution in [-0.2, 0) is 0 Å². The number of rotatable bonds is 6. The van der Waals surface area contributed by atoms with Gasteiger partial charge in [-0.1, -0.05) is 12.1 Å². The molecule has 2 aliphatic rings. The van der Waals surface area contributed by atoms with Crippen LogP contribution < -0.4 is 19.3 Å². The summed E-state index contributed by atoms with van der Waals surface area (Å²) in [7, 11) is 3.16. The number of methoxy groups -OCH3 is 2. The van der Waals surface area contributed by atoms with Crippen molar-refractivity contribution in [1.29, 1.82) is 5.41 Å². The Morgan fingerprint density at radius 3 is 2.36 bits per heavy atom. The molecule has 2 aliphatic heterocycles. The lowest BCUT2D eigenvalue weighted by Crippen LogP contribution is -2.26. The minimum atomic E-state index is 0.139. The second kappa shape index (κ2) is 8.78. The molecule has 3 heterocycles. The summed E-state index contributed by atoms with van der Waals surface area (Å²) in [5.74, 6) is 1.54. The van der Waals surface area contributed by atoms with Crippen LogP contribution in [-0.4, -0.2) is 49.8 Å². The number of aromatic nitrogens is 1. The van der Waals surface area contributed by atoms with Crippen molar-refractivity contribution in [1.82, 2.24) is 4.98 Å². The first-order chi connectivity index (χ1) is 16.1. The van der Waals surface area contributed by atoms with Gasteiger partial charge < -0.3 is 24.4 Å². The van der Waals surface area contributed by atoms with E-state index in [0.717, 1.165) is 30.0 Å². The molecule has 0 radical (unpaired) electrons. The Labute approximate surface area is 197 Å². The van der Waals surface area contributed by atoms with Crippen LogP contribution in [0.3, 0.4) is 0 Å². The van der Waals surface area contributed by atoms with Gasteiger partial charge >= 0.3 is 0 Å². The number of nitrogens with zero attached hydrogens (tertiary/aromatic N) is 3. The molecule has 0 atom stereocenters. The average molecular weight is 463 g/mol. The Morgan fingerprint density at radius 2 is 1.67 bits per heavy atom. The van der Waals surface area contributed by atoms with E-state index in [9.17, 15) is 5.11 Å². The number of nitrogens with one attached hydrogen (secondary N) is 1. The van der Waals surface area contributed by atoms with E-state index in [4.69, 9.17) is 19.9 Å². The second-order valence-electron chi connectivity index (χ2n) is 8.07. The van der Waals surface area contributed by atoms with Crippen molar-refractivity contribution in [3.63, 3.8) is 0 Å². The smallest absolute Gasteiger partial charge is 0.162 e. The van der Waals surface area contributed by atoms with E-state index in [1.807, 2.05) is 11.4 Å².